The molecule has 0 bridgehead atoms. The average molecular weight is 332 g/mol. The number of halogens is 2. The predicted octanol–water partition coefficient (Wildman–Crippen LogP) is 2.22. The largest absolute Gasteiger partial charge is 0.368 e. The zero-order valence-corrected chi connectivity index (χ0v) is 11.8. The number of nitrogens with one attached hydrogen (secondary N) is 1. The fourth-order valence-corrected chi connectivity index (χ4v) is 1.87. The SMILES string of the molecule is C=C(Br)C[C@@H](NC(=O)c1ccccc1Cl)C(N)=O. The Morgan fingerprint density at radius 1 is 1.44 bits per heavy atom. The van der Waals surface area contributed by atoms with Gasteiger partial charge in [-0.3, -0.25) is 9.59 Å². The summed E-state index contributed by atoms with van der Waals surface area (Å²) in [5.74, 6) is -1.07. The number of carbonyl (C=O) groups is 2. The molecule has 96 valence electrons. The second-order valence-electron chi connectivity index (χ2n) is 3.63. The van der Waals surface area contributed by atoms with E-state index in [2.05, 4.69) is 27.8 Å². The van der Waals surface area contributed by atoms with Gasteiger partial charge in [0, 0.05) is 6.42 Å². The Morgan fingerprint density at radius 3 is 2.56 bits per heavy atom. The molecule has 0 saturated heterocycles. The normalized spacial score (nSPS) is 11.7. The summed E-state index contributed by atoms with van der Waals surface area (Å²) in [7, 11) is 0. The first kappa shape index (κ1) is 14.7. The van der Waals surface area contributed by atoms with Crippen LogP contribution in [-0.2, 0) is 4.79 Å². The molecular formula is C12H12BrClN2O2. The van der Waals surface area contributed by atoms with Crippen LogP contribution in [0.3, 0.4) is 0 Å². The van der Waals surface area contributed by atoms with Crippen molar-refractivity contribution in [3.63, 3.8) is 0 Å². The number of hydrogen-bond donors (Lipinski definition) is 2. The van der Waals surface area contributed by atoms with Crippen LogP contribution in [0.5, 0.6) is 0 Å². The molecular weight excluding hydrogens is 320 g/mol. The zero-order valence-electron chi connectivity index (χ0n) is 9.45. The third kappa shape index (κ3) is 4.16. The van der Waals surface area contributed by atoms with Crippen LogP contribution in [0.25, 0.3) is 0 Å². The lowest BCUT2D eigenvalue weighted by atomic mass is 10.1. The highest BCUT2D eigenvalue weighted by Crippen LogP contribution is 2.16. The molecule has 3 N–H and O–H groups in total. The number of nitrogens with two attached hydrogens (primary N) is 1. The maximum Gasteiger partial charge on any atom is 0.253 e. The summed E-state index contributed by atoms with van der Waals surface area (Å²) < 4.78 is 0.575. The fraction of sp³-hybridized carbons (Fsp3) is 0.167. The highest BCUT2D eigenvalue weighted by atomic mass is 79.9. The van der Waals surface area contributed by atoms with Gasteiger partial charge in [-0.25, -0.2) is 0 Å². The van der Waals surface area contributed by atoms with E-state index in [1.165, 1.54) is 0 Å². The second kappa shape index (κ2) is 6.56. The maximum atomic E-state index is 11.9. The van der Waals surface area contributed by atoms with Crippen LogP contribution in [0.15, 0.2) is 35.3 Å². The monoisotopic (exact) mass is 330 g/mol. The van der Waals surface area contributed by atoms with Gasteiger partial charge in [0.25, 0.3) is 5.91 Å². The molecule has 0 fully saturated rings. The number of amides is 2. The minimum Gasteiger partial charge on any atom is -0.368 e. The van der Waals surface area contributed by atoms with Crippen molar-refractivity contribution < 1.29 is 9.59 Å². The molecule has 0 heterocycles. The molecule has 1 aromatic rings. The summed E-state index contributed by atoms with van der Waals surface area (Å²) in [5, 5.41) is 2.83. The van der Waals surface area contributed by atoms with Gasteiger partial charge in [-0.15, -0.1) is 0 Å². The Balaban J connectivity index is 2.82. The van der Waals surface area contributed by atoms with Crippen molar-refractivity contribution in [2.75, 3.05) is 0 Å². The van der Waals surface area contributed by atoms with Crippen molar-refractivity contribution >= 4 is 39.3 Å². The Hall–Kier alpha value is -1.33. The molecule has 1 rings (SSSR count). The smallest absolute Gasteiger partial charge is 0.253 e. The van der Waals surface area contributed by atoms with Gasteiger partial charge in [-0.1, -0.05) is 46.2 Å². The summed E-state index contributed by atoms with van der Waals surface area (Å²) in [4.78, 5) is 23.1. The van der Waals surface area contributed by atoms with Crippen LogP contribution >= 0.6 is 27.5 Å². The van der Waals surface area contributed by atoms with E-state index in [9.17, 15) is 9.59 Å². The summed E-state index contributed by atoms with van der Waals surface area (Å²) in [6, 6.07) is 5.74. The van der Waals surface area contributed by atoms with Crippen LogP contribution in [-0.4, -0.2) is 17.9 Å². The quantitative estimate of drug-likeness (QED) is 0.868. The van der Waals surface area contributed by atoms with Gasteiger partial charge in [0.1, 0.15) is 6.04 Å². The minimum absolute atomic E-state index is 0.228. The van der Waals surface area contributed by atoms with Gasteiger partial charge in [-0.2, -0.15) is 0 Å². The standard InChI is InChI=1S/C12H12BrClN2O2/c1-7(13)6-10(11(15)17)16-12(18)8-4-2-3-5-9(8)14/h2-5,10H,1,6H2,(H2,15,17)(H,16,18)/t10-/m1/s1. The lowest BCUT2D eigenvalue weighted by Crippen LogP contribution is -2.44. The first-order valence-electron chi connectivity index (χ1n) is 5.09. The van der Waals surface area contributed by atoms with E-state index >= 15 is 0 Å². The molecule has 1 aromatic carbocycles. The van der Waals surface area contributed by atoms with E-state index in [4.69, 9.17) is 17.3 Å². The van der Waals surface area contributed by atoms with E-state index in [-0.39, 0.29) is 6.42 Å². The third-order valence-corrected chi connectivity index (χ3v) is 2.85. The van der Waals surface area contributed by atoms with Crippen molar-refractivity contribution in [2.24, 2.45) is 5.73 Å². The molecule has 0 aliphatic carbocycles. The molecule has 0 aliphatic rings. The topological polar surface area (TPSA) is 72.2 Å². The molecule has 4 nitrogen and oxygen atoms in total. The summed E-state index contributed by atoms with van der Waals surface area (Å²) in [6.45, 7) is 3.61. The molecule has 0 saturated carbocycles. The van der Waals surface area contributed by atoms with Gasteiger partial charge in [0.05, 0.1) is 10.6 Å². The van der Waals surface area contributed by atoms with Crippen LogP contribution in [0, 0.1) is 0 Å². The Morgan fingerprint density at radius 2 is 2.06 bits per heavy atom. The van der Waals surface area contributed by atoms with Crippen molar-refractivity contribution in [2.45, 2.75) is 12.5 Å². The van der Waals surface area contributed by atoms with E-state index in [0.717, 1.165) is 0 Å². The zero-order chi connectivity index (χ0) is 13.7. The molecule has 0 unspecified atom stereocenters. The van der Waals surface area contributed by atoms with Gasteiger partial charge >= 0.3 is 0 Å². The van der Waals surface area contributed by atoms with Crippen molar-refractivity contribution in [3.8, 4) is 0 Å². The summed E-state index contributed by atoms with van der Waals surface area (Å²) in [5.41, 5.74) is 5.50. The molecule has 0 spiro atoms. The number of benzene rings is 1. The minimum atomic E-state index is -0.819. The predicted molar refractivity (Wildman–Crippen MR) is 74.6 cm³/mol. The van der Waals surface area contributed by atoms with Gasteiger partial charge < -0.3 is 11.1 Å². The summed E-state index contributed by atoms with van der Waals surface area (Å²) in [6.07, 6.45) is 0.228. The molecule has 2 amide bonds. The Kier molecular flexibility index (Phi) is 5.37. The van der Waals surface area contributed by atoms with Gasteiger partial charge in [0.2, 0.25) is 5.91 Å². The van der Waals surface area contributed by atoms with Crippen LogP contribution in [0.4, 0.5) is 0 Å². The third-order valence-electron chi connectivity index (χ3n) is 2.19. The highest BCUT2D eigenvalue weighted by Gasteiger charge is 2.20. The number of hydrogen-bond acceptors (Lipinski definition) is 2. The van der Waals surface area contributed by atoms with Gasteiger partial charge in [-0.05, 0) is 16.6 Å². The van der Waals surface area contributed by atoms with E-state index in [0.29, 0.717) is 15.1 Å². The number of rotatable bonds is 5. The number of carbonyl (C=O) groups excluding carboxylic acids is 2. The summed E-state index contributed by atoms with van der Waals surface area (Å²) >= 11 is 9.01. The van der Waals surface area contributed by atoms with Crippen molar-refractivity contribution in [1.29, 1.82) is 0 Å². The fourth-order valence-electron chi connectivity index (χ4n) is 1.33. The van der Waals surface area contributed by atoms with Crippen LogP contribution in [0.2, 0.25) is 5.02 Å². The van der Waals surface area contributed by atoms with E-state index < -0.39 is 17.9 Å². The van der Waals surface area contributed by atoms with E-state index in [1.807, 2.05) is 0 Å². The van der Waals surface area contributed by atoms with Crippen molar-refractivity contribution in [3.05, 3.63) is 45.9 Å². The Labute approximate surface area is 118 Å². The lowest BCUT2D eigenvalue weighted by molar-refractivity contribution is -0.119. The molecule has 0 aliphatic heterocycles. The lowest BCUT2D eigenvalue weighted by Gasteiger charge is -2.15. The van der Waals surface area contributed by atoms with E-state index in [1.54, 1.807) is 24.3 Å². The Bertz CT molecular complexity index is 491. The molecule has 6 heteroatoms. The van der Waals surface area contributed by atoms with Gasteiger partial charge in [0.15, 0.2) is 0 Å². The van der Waals surface area contributed by atoms with Crippen LogP contribution < -0.4 is 11.1 Å². The maximum absolute atomic E-state index is 11.9. The molecule has 1 atom stereocenters. The second-order valence-corrected chi connectivity index (χ2v) is 5.16. The molecule has 18 heavy (non-hydrogen) atoms. The van der Waals surface area contributed by atoms with Crippen molar-refractivity contribution in [1.82, 2.24) is 5.32 Å². The number of primary amides is 1. The first-order valence-corrected chi connectivity index (χ1v) is 6.27. The average Bonchev–Trinajstić information content (AvgIpc) is 2.27. The highest BCUT2D eigenvalue weighted by molar-refractivity contribution is 9.11. The van der Waals surface area contributed by atoms with Crippen LogP contribution in [0.1, 0.15) is 16.8 Å². The molecule has 0 radical (unpaired) electrons. The molecule has 0 aromatic heterocycles. The first-order chi connectivity index (χ1) is 8.41.